The molecular weight excluding hydrogens is 328 g/mol. The van der Waals surface area contributed by atoms with Gasteiger partial charge in [-0.2, -0.15) is 5.10 Å². The first-order valence-electron chi connectivity index (χ1n) is 7.78. The van der Waals surface area contributed by atoms with Gasteiger partial charge in [-0.1, -0.05) is 28.1 Å². The average molecular weight is 347 g/mol. The van der Waals surface area contributed by atoms with Gasteiger partial charge in [-0.3, -0.25) is 4.79 Å². The molecule has 21 heavy (non-hydrogen) atoms. The molecule has 0 aromatic heterocycles. The second-order valence-electron chi connectivity index (χ2n) is 6.71. The van der Waals surface area contributed by atoms with Gasteiger partial charge in [0.25, 0.3) is 0 Å². The fourth-order valence-corrected chi connectivity index (χ4v) is 4.36. The number of hydrogen-bond acceptors (Lipinski definition) is 2. The number of halogens is 1. The number of nitrogens with one attached hydrogen (secondary N) is 1. The van der Waals surface area contributed by atoms with Crippen LogP contribution in [0.25, 0.3) is 0 Å². The third-order valence-electron chi connectivity index (χ3n) is 5.27. The van der Waals surface area contributed by atoms with Gasteiger partial charge < -0.3 is 0 Å². The Bertz CT molecular complexity index is 593. The summed E-state index contributed by atoms with van der Waals surface area (Å²) in [5.74, 6) is 2.00. The van der Waals surface area contributed by atoms with Crippen LogP contribution in [-0.2, 0) is 4.79 Å². The molecule has 3 aliphatic carbocycles. The third-order valence-corrected chi connectivity index (χ3v) is 5.77. The summed E-state index contributed by atoms with van der Waals surface area (Å²) in [4.78, 5) is 12.3. The van der Waals surface area contributed by atoms with Gasteiger partial charge in [0.2, 0.25) is 5.91 Å². The van der Waals surface area contributed by atoms with E-state index in [0.717, 1.165) is 28.3 Å². The minimum absolute atomic E-state index is 0.125. The van der Waals surface area contributed by atoms with Crippen LogP contribution in [0.5, 0.6) is 0 Å². The molecule has 1 aromatic carbocycles. The summed E-state index contributed by atoms with van der Waals surface area (Å²) in [6.07, 6.45) is 8.15. The van der Waals surface area contributed by atoms with Crippen LogP contribution >= 0.6 is 15.9 Å². The molecule has 4 rings (SSSR count). The van der Waals surface area contributed by atoms with Crippen LogP contribution < -0.4 is 5.43 Å². The fraction of sp³-hybridized carbons (Fsp3) is 0.529. The standard InChI is InChI=1S/C17H19BrN2O/c18-14-3-1-2-11(8-14)10-19-20-16(21)15-9-17(15,12-4-5-12)13-6-7-13/h1-3,8,10,12-13,15H,4-7,9H2,(H,20,21)/b19-10+. The Kier molecular flexibility index (Phi) is 3.18. The number of carbonyl (C=O) groups is 1. The van der Waals surface area contributed by atoms with Crippen LogP contribution in [0.1, 0.15) is 37.7 Å². The highest BCUT2D eigenvalue weighted by Gasteiger charge is 2.70. The molecule has 0 saturated heterocycles. The zero-order valence-corrected chi connectivity index (χ0v) is 13.5. The molecule has 0 radical (unpaired) electrons. The number of amides is 1. The molecule has 1 aromatic rings. The van der Waals surface area contributed by atoms with E-state index < -0.39 is 0 Å². The number of carbonyl (C=O) groups excluding carboxylic acids is 1. The summed E-state index contributed by atoms with van der Waals surface area (Å²) >= 11 is 3.43. The molecule has 3 nitrogen and oxygen atoms in total. The van der Waals surface area contributed by atoms with E-state index in [1.54, 1.807) is 6.21 Å². The average Bonchev–Trinajstić information content (AvgIpc) is 3.33. The highest BCUT2D eigenvalue weighted by molar-refractivity contribution is 9.10. The van der Waals surface area contributed by atoms with E-state index in [0.29, 0.717) is 5.41 Å². The van der Waals surface area contributed by atoms with Gasteiger partial charge in [0.05, 0.1) is 6.21 Å². The summed E-state index contributed by atoms with van der Waals surface area (Å²) in [6.45, 7) is 0. The molecule has 0 aliphatic heterocycles. The molecule has 4 heteroatoms. The first-order chi connectivity index (χ1) is 10.2. The molecule has 1 atom stereocenters. The van der Waals surface area contributed by atoms with Gasteiger partial charge in [0.15, 0.2) is 0 Å². The van der Waals surface area contributed by atoms with Crippen LogP contribution in [0.2, 0.25) is 0 Å². The van der Waals surface area contributed by atoms with Crippen molar-refractivity contribution in [3.8, 4) is 0 Å². The largest absolute Gasteiger partial charge is 0.273 e. The molecule has 0 spiro atoms. The van der Waals surface area contributed by atoms with Gasteiger partial charge in [0, 0.05) is 10.4 Å². The Labute approximate surface area is 133 Å². The normalized spacial score (nSPS) is 26.8. The van der Waals surface area contributed by atoms with Crippen molar-refractivity contribution in [2.45, 2.75) is 32.1 Å². The second-order valence-corrected chi connectivity index (χ2v) is 7.62. The van der Waals surface area contributed by atoms with E-state index in [1.165, 1.54) is 25.7 Å². The topological polar surface area (TPSA) is 41.5 Å². The van der Waals surface area contributed by atoms with E-state index in [1.807, 2.05) is 24.3 Å². The lowest BCUT2D eigenvalue weighted by molar-refractivity contribution is -0.123. The number of rotatable bonds is 5. The van der Waals surface area contributed by atoms with E-state index in [9.17, 15) is 4.79 Å². The number of hydrazone groups is 1. The minimum Gasteiger partial charge on any atom is -0.273 e. The van der Waals surface area contributed by atoms with E-state index in [4.69, 9.17) is 0 Å². The van der Waals surface area contributed by atoms with Crippen molar-refractivity contribution in [1.29, 1.82) is 0 Å². The lowest BCUT2D eigenvalue weighted by Gasteiger charge is -2.14. The highest BCUT2D eigenvalue weighted by atomic mass is 79.9. The molecule has 3 aliphatic rings. The van der Waals surface area contributed by atoms with Crippen LogP contribution in [0, 0.1) is 23.2 Å². The predicted molar refractivity (Wildman–Crippen MR) is 85.9 cm³/mol. The number of hydrogen-bond donors (Lipinski definition) is 1. The summed E-state index contributed by atoms with van der Waals surface area (Å²) in [7, 11) is 0. The fourth-order valence-electron chi connectivity index (χ4n) is 3.94. The van der Waals surface area contributed by atoms with Gasteiger partial charge in [0.1, 0.15) is 0 Å². The first-order valence-corrected chi connectivity index (χ1v) is 8.58. The smallest absolute Gasteiger partial charge is 0.243 e. The Balaban J connectivity index is 1.36. The number of benzene rings is 1. The molecule has 3 saturated carbocycles. The SMILES string of the molecule is O=C(N/N=C/c1cccc(Br)c1)C1CC1(C1CC1)C1CC1. The van der Waals surface area contributed by atoms with Crippen molar-refractivity contribution < 1.29 is 4.79 Å². The van der Waals surface area contributed by atoms with Crippen molar-refractivity contribution in [3.05, 3.63) is 34.3 Å². The van der Waals surface area contributed by atoms with Crippen LogP contribution in [0.4, 0.5) is 0 Å². The zero-order valence-electron chi connectivity index (χ0n) is 11.9. The van der Waals surface area contributed by atoms with Crippen molar-refractivity contribution in [2.75, 3.05) is 0 Å². The Morgan fingerprint density at radius 1 is 1.29 bits per heavy atom. The maximum Gasteiger partial charge on any atom is 0.243 e. The summed E-state index contributed by atoms with van der Waals surface area (Å²) in [5.41, 5.74) is 4.10. The van der Waals surface area contributed by atoms with Crippen molar-refractivity contribution in [3.63, 3.8) is 0 Å². The number of nitrogens with zero attached hydrogens (tertiary/aromatic N) is 1. The maximum atomic E-state index is 12.3. The molecule has 1 amide bonds. The molecule has 110 valence electrons. The van der Waals surface area contributed by atoms with Crippen LogP contribution in [0.15, 0.2) is 33.8 Å². The Morgan fingerprint density at radius 3 is 2.62 bits per heavy atom. The molecule has 1 unspecified atom stereocenters. The quantitative estimate of drug-likeness (QED) is 0.640. The first kappa shape index (κ1) is 13.5. The third kappa shape index (κ3) is 2.54. The molecule has 1 N–H and O–H groups in total. The molecule has 3 fully saturated rings. The van der Waals surface area contributed by atoms with Gasteiger partial charge in [-0.05, 0) is 67.1 Å². The van der Waals surface area contributed by atoms with E-state index in [2.05, 4.69) is 26.5 Å². The van der Waals surface area contributed by atoms with E-state index >= 15 is 0 Å². The molecule has 0 bridgehead atoms. The summed E-state index contributed by atoms with van der Waals surface area (Å²) in [6, 6.07) is 7.88. The van der Waals surface area contributed by atoms with Gasteiger partial charge in [-0.15, -0.1) is 0 Å². The van der Waals surface area contributed by atoms with Crippen LogP contribution in [-0.4, -0.2) is 12.1 Å². The summed E-state index contributed by atoms with van der Waals surface area (Å²) in [5, 5.41) is 4.12. The van der Waals surface area contributed by atoms with Crippen molar-refractivity contribution in [2.24, 2.45) is 28.3 Å². The Hall–Kier alpha value is -1.16. The maximum absolute atomic E-state index is 12.3. The predicted octanol–water partition coefficient (Wildman–Crippen LogP) is 3.73. The lowest BCUT2D eigenvalue weighted by Crippen LogP contribution is -2.25. The van der Waals surface area contributed by atoms with Crippen molar-refractivity contribution >= 4 is 28.1 Å². The van der Waals surface area contributed by atoms with Crippen LogP contribution in [0.3, 0.4) is 0 Å². The minimum atomic E-state index is 0.125. The molecule has 0 heterocycles. The Morgan fingerprint density at radius 2 is 2.00 bits per heavy atom. The van der Waals surface area contributed by atoms with Crippen molar-refractivity contribution in [1.82, 2.24) is 5.43 Å². The second kappa shape index (κ2) is 4.94. The monoisotopic (exact) mass is 346 g/mol. The van der Waals surface area contributed by atoms with Gasteiger partial charge in [-0.25, -0.2) is 5.43 Å². The highest BCUT2D eigenvalue weighted by Crippen LogP contribution is 2.74. The lowest BCUT2D eigenvalue weighted by atomic mass is 9.91. The molecular formula is C17H19BrN2O. The zero-order chi connectivity index (χ0) is 14.4. The van der Waals surface area contributed by atoms with E-state index in [-0.39, 0.29) is 11.8 Å². The summed E-state index contributed by atoms with van der Waals surface area (Å²) < 4.78 is 1.02. The van der Waals surface area contributed by atoms with Gasteiger partial charge >= 0.3 is 0 Å².